The summed E-state index contributed by atoms with van der Waals surface area (Å²) < 4.78 is 26.4. The summed E-state index contributed by atoms with van der Waals surface area (Å²) in [6.07, 6.45) is 4.76. The van der Waals surface area contributed by atoms with Crippen LogP contribution in [0.15, 0.2) is 18.6 Å². The number of halogens is 2. The minimum absolute atomic E-state index is 0.122. The molecule has 0 spiro atoms. The van der Waals surface area contributed by atoms with Crippen molar-refractivity contribution in [2.24, 2.45) is 0 Å². The van der Waals surface area contributed by atoms with E-state index in [-0.39, 0.29) is 12.8 Å². The Balaban J connectivity index is 1.99. The molecule has 2 aromatic heterocycles. The van der Waals surface area contributed by atoms with Crippen molar-refractivity contribution in [3.63, 3.8) is 0 Å². The number of aryl methyl sites for hydroxylation is 1. The number of anilines is 1. The molecule has 6 heteroatoms. The molecule has 3 heterocycles. The van der Waals surface area contributed by atoms with Crippen molar-refractivity contribution < 1.29 is 8.78 Å². The standard InChI is InChI=1S/C13H14F2N4/c1-9-6-17-10-7-16-8-11(12(10)18-9)19-4-2-13(14,15)3-5-19/h6-8H,2-5H2,1H3. The van der Waals surface area contributed by atoms with Gasteiger partial charge >= 0.3 is 0 Å². The number of nitrogens with zero attached hydrogens (tertiary/aromatic N) is 4. The first-order valence-electron chi connectivity index (χ1n) is 6.25. The third-order valence-corrected chi connectivity index (χ3v) is 3.39. The first kappa shape index (κ1) is 12.2. The lowest BCUT2D eigenvalue weighted by atomic mass is 10.1. The number of hydrogen-bond donors (Lipinski definition) is 0. The highest BCUT2D eigenvalue weighted by Crippen LogP contribution is 2.32. The summed E-state index contributed by atoms with van der Waals surface area (Å²) in [6, 6.07) is 0. The lowest BCUT2D eigenvalue weighted by molar-refractivity contribution is -0.0220. The number of rotatable bonds is 1. The van der Waals surface area contributed by atoms with Gasteiger partial charge in [0.2, 0.25) is 0 Å². The number of piperidine rings is 1. The third-order valence-electron chi connectivity index (χ3n) is 3.39. The highest BCUT2D eigenvalue weighted by molar-refractivity contribution is 5.87. The van der Waals surface area contributed by atoms with Crippen molar-refractivity contribution in [3.8, 4) is 0 Å². The summed E-state index contributed by atoms with van der Waals surface area (Å²) in [5.74, 6) is -2.55. The van der Waals surface area contributed by atoms with Crippen molar-refractivity contribution in [2.75, 3.05) is 18.0 Å². The lowest BCUT2D eigenvalue weighted by Crippen LogP contribution is -2.39. The van der Waals surface area contributed by atoms with Gasteiger partial charge in [-0.1, -0.05) is 0 Å². The first-order chi connectivity index (χ1) is 9.05. The van der Waals surface area contributed by atoms with Crippen molar-refractivity contribution in [1.29, 1.82) is 0 Å². The summed E-state index contributed by atoms with van der Waals surface area (Å²) in [6.45, 7) is 2.51. The molecule has 3 rings (SSSR count). The van der Waals surface area contributed by atoms with Gasteiger partial charge in [-0.25, -0.2) is 13.8 Å². The topological polar surface area (TPSA) is 41.9 Å². The van der Waals surface area contributed by atoms with E-state index in [0.717, 1.165) is 16.9 Å². The summed E-state index contributed by atoms with van der Waals surface area (Å²) in [4.78, 5) is 14.8. The van der Waals surface area contributed by atoms with Gasteiger partial charge in [0.15, 0.2) is 0 Å². The maximum absolute atomic E-state index is 13.2. The van der Waals surface area contributed by atoms with Gasteiger partial charge in [0.05, 0.1) is 23.8 Å². The van der Waals surface area contributed by atoms with Crippen LogP contribution in [0.25, 0.3) is 11.0 Å². The second kappa shape index (κ2) is 4.36. The second-order valence-electron chi connectivity index (χ2n) is 4.88. The molecule has 0 aromatic carbocycles. The lowest BCUT2D eigenvalue weighted by Gasteiger charge is -2.33. The zero-order chi connectivity index (χ0) is 13.5. The molecule has 1 fully saturated rings. The van der Waals surface area contributed by atoms with Crippen molar-refractivity contribution in [1.82, 2.24) is 15.0 Å². The van der Waals surface area contributed by atoms with Crippen LogP contribution in [0.3, 0.4) is 0 Å². The third kappa shape index (κ3) is 2.34. The number of aromatic nitrogens is 3. The van der Waals surface area contributed by atoms with Gasteiger partial charge in [-0.15, -0.1) is 0 Å². The molecule has 0 N–H and O–H groups in total. The summed E-state index contributed by atoms with van der Waals surface area (Å²) in [5, 5.41) is 0. The van der Waals surface area contributed by atoms with Crippen molar-refractivity contribution in [3.05, 3.63) is 24.3 Å². The van der Waals surface area contributed by atoms with Crippen LogP contribution < -0.4 is 4.90 Å². The molecular formula is C13H14F2N4. The molecular weight excluding hydrogens is 250 g/mol. The Kier molecular flexibility index (Phi) is 2.80. The van der Waals surface area contributed by atoms with E-state index in [9.17, 15) is 8.78 Å². The number of fused-ring (bicyclic) bond motifs is 1. The van der Waals surface area contributed by atoms with Gasteiger partial charge in [0.25, 0.3) is 5.92 Å². The van der Waals surface area contributed by atoms with Crippen LogP contribution in [0.4, 0.5) is 14.5 Å². The zero-order valence-corrected chi connectivity index (χ0v) is 10.6. The number of hydrogen-bond acceptors (Lipinski definition) is 4. The summed E-state index contributed by atoms with van der Waals surface area (Å²) >= 11 is 0. The van der Waals surface area contributed by atoms with Crippen LogP contribution in [0.2, 0.25) is 0 Å². The van der Waals surface area contributed by atoms with E-state index >= 15 is 0 Å². The van der Waals surface area contributed by atoms with E-state index < -0.39 is 5.92 Å². The molecule has 1 aliphatic heterocycles. The fourth-order valence-electron chi connectivity index (χ4n) is 2.32. The average molecular weight is 264 g/mol. The van der Waals surface area contributed by atoms with Gasteiger partial charge in [-0.2, -0.15) is 0 Å². The quantitative estimate of drug-likeness (QED) is 0.794. The van der Waals surface area contributed by atoms with E-state index in [1.54, 1.807) is 18.6 Å². The Morgan fingerprint density at radius 3 is 2.63 bits per heavy atom. The Hall–Kier alpha value is -1.85. The number of pyridine rings is 1. The fourth-order valence-corrected chi connectivity index (χ4v) is 2.32. The van der Waals surface area contributed by atoms with Crippen molar-refractivity contribution >= 4 is 16.7 Å². The Bertz CT molecular complexity index is 605. The Morgan fingerprint density at radius 1 is 1.16 bits per heavy atom. The van der Waals surface area contributed by atoms with Crippen LogP contribution in [0.1, 0.15) is 18.5 Å². The molecule has 0 unspecified atom stereocenters. The summed E-state index contributed by atoms with van der Waals surface area (Å²) in [7, 11) is 0. The molecule has 100 valence electrons. The molecule has 0 saturated carbocycles. The monoisotopic (exact) mass is 264 g/mol. The van der Waals surface area contributed by atoms with Crippen LogP contribution in [0.5, 0.6) is 0 Å². The molecule has 4 nitrogen and oxygen atoms in total. The van der Waals surface area contributed by atoms with Gasteiger partial charge < -0.3 is 4.90 Å². The van der Waals surface area contributed by atoms with Crippen LogP contribution in [-0.2, 0) is 0 Å². The molecule has 0 atom stereocenters. The minimum atomic E-state index is -2.55. The largest absolute Gasteiger partial charge is 0.368 e. The second-order valence-corrected chi connectivity index (χ2v) is 4.88. The van der Waals surface area contributed by atoms with Crippen LogP contribution >= 0.6 is 0 Å². The van der Waals surface area contributed by atoms with E-state index in [1.165, 1.54) is 0 Å². The maximum Gasteiger partial charge on any atom is 0.251 e. The van der Waals surface area contributed by atoms with E-state index in [0.29, 0.717) is 18.6 Å². The molecule has 0 bridgehead atoms. The predicted octanol–water partition coefficient (Wildman–Crippen LogP) is 2.57. The molecule has 0 aliphatic carbocycles. The van der Waals surface area contributed by atoms with Gasteiger partial charge in [0, 0.05) is 32.1 Å². The molecule has 1 aliphatic rings. The molecule has 0 radical (unpaired) electrons. The zero-order valence-electron chi connectivity index (χ0n) is 10.6. The highest BCUT2D eigenvalue weighted by Gasteiger charge is 2.34. The predicted molar refractivity (Wildman–Crippen MR) is 68.5 cm³/mol. The summed E-state index contributed by atoms with van der Waals surface area (Å²) in [5.41, 5.74) is 3.03. The number of alkyl halides is 2. The van der Waals surface area contributed by atoms with Gasteiger partial charge in [-0.05, 0) is 6.92 Å². The van der Waals surface area contributed by atoms with Crippen molar-refractivity contribution in [2.45, 2.75) is 25.7 Å². The van der Waals surface area contributed by atoms with E-state index in [1.807, 2.05) is 11.8 Å². The first-order valence-corrected chi connectivity index (χ1v) is 6.25. The molecule has 0 amide bonds. The van der Waals surface area contributed by atoms with Gasteiger partial charge in [-0.3, -0.25) is 9.97 Å². The Morgan fingerprint density at radius 2 is 1.89 bits per heavy atom. The fraction of sp³-hybridized carbons (Fsp3) is 0.462. The maximum atomic E-state index is 13.2. The minimum Gasteiger partial charge on any atom is -0.368 e. The highest BCUT2D eigenvalue weighted by atomic mass is 19.3. The van der Waals surface area contributed by atoms with E-state index in [4.69, 9.17) is 0 Å². The van der Waals surface area contributed by atoms with Gasteiger partial charge in [0.1, 0.15) is 11.0 Å². The SMILES string of the molecule is Cc1cnc2cncc(N3CCC(F)(F)CC3)c2n1. The Labute approximate surface area is 109 Å². The molecule has 1 saturated heterocycles. The van der Waals surface area contributed by atoms with E-state index in [2.05, 4.69) is 15.0 Å². The van der Waals surface area contributed by atoms with Crippen LogP contribution in [-0.4, -0.2) is 34.0 Å². The normalized spacial score (nSPS) is 18.8. The molecule has 2 aromatic rings. The molecule has 19 heavy (non-hydrogen) atoms. The average Bonchev–Trinajstić information content (AvgIpc) is 2.38. The van der Waals surface area contributed by atoms with Crippen LogP contribution in [0, 0.1) is 6.92 Å². The smallest absolute Gasteiger partial charge is 0.251 e.